The van der Waals surface area contributed by atoms with Crippen molar-refractivity contribution >= 4 is 11.6 Å². The summed E-state index contributed by atoms with van der Waals surface area (Å²) >= 11 is 6.63. The highest BCUT2D eigenvalue weighted by molar-refractivity contribution is 6.30. The van der Waals surface area contributed by atoms with Gasteiger partial charge in [-0.3, -0.25) is 9.80 Å². The maximum absolute atomic E-state index is 6.63. The second-order valence-electron chi connectivity index (χ2n) is 13.9. The number of rotatable bonds is 7. The number of halogens is 1. The third-order valence-electron chi connectivity index (χ3n) is 9.80. The summed E-state index contributed by atoms with van der Waals surface area (Å²) in [5, 5.41) is 22.4. The first-order chi connectivity index (χ1) is 24.7. The van der Waals surface area contributed by atoms with E-state index in [2.05, 4.69) is 108 Å². The molecule has 0 radical (unpaired) electrons. The summed E-state index contributed by atoms with van der Waals surface area (Å²) in [7, 11) is 0. The van der Waals surface area contributed by atoms with Crippen LogP contribution >= 0.6 is 11.6 Å². The van der Waals surface area contributed by atoms with Gasteiger partial charge in [-0.25, -0.2) is 0 Å². The van der Waals surface area contributed by atoms with Crippen molar-refractivity contribution < 1.29 is 0 Å². The predicted molar refractivity (Wildman–Crippen MR) is 212 cm³/mol. The van der Waals surface area contributed by atoms with Crippen LogP contribution in [0.3, 0.4) is 0 Å². The van der Waals surface area contributed by atoms with E-state index < -0.39 is 0 Å². The number of nitrogens with zero attached hydrogens (tertiary/aromatic N) is 2. The van der Waals surface area contributed by atoms with Gasteiger partial charge in [0.15, 0.2) is 0 Å². The van der Waals surface area contributed by atoms with Gasteiger partial charge < -0.3 is 31.9 Å². The Bertz CT molecular complexity index is 1250. The average Bonchev–Trinajstić information content (AvgIpc) is 3.12. The normalized spacial score (nSPS) is 19.8. The minimum absolute atomic E-state index is 0.102. The van der Waals surface area contributed by atoms with Gasteiger partial charge in [0.05, 0.1) is 0 Å². The lowest BCUT2D eigenvalue weighted by Gasteiger charge is -2.26. The molecule has 0 saturated carbocycles. The molecule has 2 aliphatic rings. The van der Waals surface area contributed by atoms with E-state index >= 15 is 0 Å². The summed E-state index contributed by atoms with van der Waals surface area (Å²) in [4.78, 5) is 5.24. The van der Waals surface area contributed by atoms with Crippen molar-refractivity contribution in [2.45, 2.75) is 44.7 Å². The van der Waals surface area contributed by atoms with E-state index in [1.165, 1.54) is 40.7 Å². The molecule has 0 spiro atoms. The van der Waals surface area contributed by atoms with Crippen molar-refractivity contribution in [2.24, 2.45) is 0 Å². The Hall–Kier alpha value is -2.37. The van der Waals surface area contributed by atoms with Crippen LogP contribution in [0.15, 0.2) is 72.8 Å². The van der Waals surface area contributed by atoms with Crippen molar-refractivity contribution in [1.82, 2.24) is 41.7 Å². The SMILES string of the molecule is Clc1cccc(C(c2cccc(CN3CCCNCCNCCCNCC3)c2)c2cccc(CN3CCCNCCNCCCNCC3)c2)c1. The molecule has 50 heavy (non-hydrogen) atoms. The second-order valence-corrected chi connectivity index (χ2v) is 14.4. The molecule has 2 aliphatic heterocycles. The maximum atomic E-state index is 6.63. The number of hydrogen-bond donors (Lipinski definition) is 6. The molecule has 3 aromatic carbocycles. The molecule has 0 amide bonds. The van der Waals surface area contributed by atoms with E-state index in [0.29, 0.717) is 0 Å². The average molecular weight is 703 g/mol. The van der Waals surface area contributed by atoms with Gasteiger partial charge in [0.2, 0.25) is 0 Å². The van der Waals surface area contributed by atoms with Gasteiger partial charge in [-0.05, 0) is 118 Å². The first-order valence-electron chi connectivity index (χ1n) is 19.4. The lowest BCUT2D eigenvalue weighted by Crippen LogP contribution is -2.36. The summed E-state index contributed by atoms with van der Waals surface area (Å²) in [6.07, 6.45) is 4.63. The lowest BCUT2D eigenvalue weighted by molar-refractivity contribution is 0.260. The molecule has 2 fully saturated rings. The molecule has 2 heterocycles. The van der Waals surface area contributed by atoms with Crippen LogP contribution in [0.2, 0.25) is 5.02 Å². The summed E-state index contributed by atoms with van der Waals surface area (Å²) in [5.74, 6) is 0.102. The van der Waals surface area contributed by atoms with Crippen molar-refractivity contribution in [3.63, 3.8) is 0 Å². The smallest absolute Gasteiger partial charge is 0.0409 e. The Kier molecular flexibility index (Phi) is 18.1. The van der Waals surface area contributed by atoms with E-state index in [4.69, 9.17) is 11.6 Å². The first kappa shape index (κ1) is 38.9. The molecule has 3 aromatic rings. The van der Waals surface area contributed by atoms with Crippen LogP contribution in [0.5, 0.6) is 0 Å². The van der Waals surface area contributed by atoms with Crippen molar-refractivity contribution in [3.05, 3.63) is 106 Å². The molecule has 0 aromatic heterocycles. The largest absolute Gasteiger partial charge is 0.315 e. The standard InChI is InChI=1S/C41H63ClN8/c42-40-13-3-12-39(32-40)41(37-10-1-8-35(30-37)33-49-26-6-18-45-22-20-43-14-4-16-47-24-28-49)38-11-2-9-36(31-38)34-50-27-7-19-46-23-21-44-15-5-17-48-25-29-50/h1-3,8-13,30-32,41,43-48H,4-7,14-29,33-34H2. The Balaban J connectivity index is 1.32. The van der Waals surface area contributed by atoms with Gasteiger partial charge in [-0.1, -0.05) is 72.3 Å². The molecule has 0 unspecified atom stereocenters. The fourth-order valence-corrected chi connectivity index (χ4v) is 7.37. The van der Waals surface area contributed by atoms with E-state index in [1.54, 1.807) is 0 Å². The zero-order valence-corrected chi connectivity index (χ0v) is 31.1. The van der Waals surface area contributed by atoms with Gasteiger partial charge >= 0.3 is 0 Å². The molecular formula is C41H63ClN8. The van der Waals surface area contributed by atoms with Crippen LogP contribution < -0.4 is 31.9 Å². The minimum Gasteiger partial charge on any atom is -0.315 e. The highest BCUT2D eigenvalue weighted by Gasteiger charge is 2.19. The van der Waals surface area contributed by atoms with E-state index in [-0.39, 0.29) is 5.92 Å². The highest BCUT2D eigenvalue weighted by atomic mass is 35.5. The van der Waals surface area contributed by atoms with E-state index in [1.807, 2.05) is 6.07 Å². The Morgan fingerprint density at radius 3 is 1.30 bits per heavy atom. The van der Waals surface area contributed by atoms with Crippen LogP contribution in [0.1, 0.15) is 59.4 Å². The van der Waals surface area contributed by atoms with Gasteiger partial charge in [0.1, 0.15) is 0 Å². The lowest BCUT2D eigenvalue weighted by atomic mass is 9.84. The van der Waals surface area contributed by atoms with Crippen LogP contribution in [0.4, 0.5) is 0 Å². The quantitative estimate of drug-likeness (QED) is 0.204. The fraction of sp³-hybridized carbons (Fsp3) is 0.561. The predicted octanol–water partition coefficient (Wildman–Crippen LogP) is 4.25. The van der Waals surface area contributed by atoms with E-state index in [0.717, 1.165) is 136 Å². The number of benzene rings is 3. The molecule has 0 aliphatic carbocycles. The molecule has 9 heteroatoms. The molecule has 274 valence electrons. The number of nitrogens with one attached hydrogen (secondary N) is 6. The highest BCUT2D eigenvalue weighted by Crippen LogP contribution is 2.34. The zero-order chi connectivity index (χ0) is 34.5. The second kappa shape index (κ2) is 23.2. The topological polar surface area (TPSA) is 78.7 Å². The van der Waals surface area contributed by atoms with E-state index in [9.17, 15) is 0 Å². The molecule has 6 N–H and O–H groups in total. The van der Waals surface area contributed by atoms with Gasteiger partial charge in [-0.15, -0.1) is 0 Å². The van der Waals surface area contributed by atoms with Gasteiger partial charge in [-0.2, -0.15) is 0 Å². The fourth-order valence-electron chi connectivity index (χ4n) is 7.17. The van der Waals surface area contributed by atoms with Crippen LogP contribution in [0.25, 0.3) is 0 Å². The van der Waals surface area contributed by atoms with Gasteiger partial charge in [0, 0.05) is 76.4 Å². The summed E-state index contributed by atoms with van der Waals surface area (Å²) in [6.45, 7) is 18.8. The summed E-state index contributed by atoms with van der Waals surface area (Å²) < 4.78 is 0. The summed E-state index contributed by atoms with van der Waals surface area (Å²) in [6, 6.07) is 27.1. The molecule has 0 bridgehead atoms. The van der Waals surface area contributed by atoms with Crippen molar-refractivity contribution in [3.8, 4) is 0 Å². The molecule has 5 rings (SSSR count). The van der Waals surface area contributed by atoms with Crippen molar-refractivity contribution in [1.29, 1.82) is 0 Å². The van der Waals surface area contributed by atoms with Crippen LogP contribution in [-0.2, 0) is 13.1 Å². The molecule has 8 nitrogen and oxygen atoms in total. The third kappa shape index (κ3) is 14.3. The Morgan fingerprint density at radius 1 is 0.440 bits per heavy atom. The monoisotopic (exact) mass is 702 g/mol. The van der Waals surface area contributed by atoms with Crippen LogP contribution in [-0.4, -0.2) is 115 Å². The summed E-state index contributed by atoms with van der Waals surface area (Å²) in [5.41, 5.74) is 6.61. The maximum Gasteiger partial charge on any atom is 0.0409 e. The molecule has 0 atom stereocenters. The molecule has 2 saturated heterocycles. The Labute approximate surface area is 307 Å². The van der Waals surface area contributed by atoms with Crippen molar-refractivity contribution in [2.75, 3.05) is 105 Å². The molecular weight excluding hydrogens is 640 g/mol. The van der Waals surface area contributed by atoms with Gasteiger partial charge in [0.25, 0.3) is 0 Å². The zero-order valence-electron chi connectivity index (χ0n) is 30.3. The third-order valence-corrected chi connectivity index (χ3v) is 10.0. The number of hydrogen-bond acceptors (Lipinski definition) is 8. The minimum atomic E-state index is 0.102. The first-order valence-corrected chi connectivity index (χ1v) is 19.7. The Morgan fingerprint density at radius 2 is 0.840 bits per heavy atom. The van der Waals surface area contributed by atoms with Crippen LogP contribution in [0, 0.1) is 0 Å².